The molecule has 4 rings (SSSR count). The molecule has 1 aliphatic heterocycles. The zero-order valence-corrected chi connectivity index (χ0v) is 18.8. The molecule has 2 aromatic carbocycles. The first kappa shape index (κ1) is 21.6. The lowest BCUT2D eigenvalue weighted by Crippen LogP contribution is -2.33. The third-order valence-electron chi connectivity index (χ3n) is 5.82. The Balaban J connectivity index is 1.20. The molecule has 5 heteroatoms. The number of ether oxygens (including phenoxy) is 1. The van der Waals surface area contributed by atoms with Gasteiger partial charge in [0.25, 0.3) is 5.91 Å². The standard InChI is InChI=1S/C26H30N2O2S/c1-20(18-27-26(29)25-8-5-17-31-25)30-24-11-9-21(10-12-24)19-28-15-13-23(14-16-28)22-6-3-2-4-7-22/h2-12,17,20,23H,13-16,18-19H2,1H3,(H,27,29)/t20-/m0/s1. The number of nitrogens with one attached hydrogen (secondary N) is 1. The molecule has 1 amide bonds. The monoisotopic (exact) mass is 434 g/mol. The van der Waals surface area contributed by atoms with E-state index in [0.29, 0.717) is 12.5 Å². The maximum absolute atomic E-state index is 12.0. The predicted octanol–water partition coefficient (Wildman–Crippen LogP) is 5.33. The average molecular weight is 435 g/mol. The number of amides is 1. The first-order valence-electron chi connectivity index (χ1n) is 11.0. The maximum atomic E-state index is 12.0. The average Bonchev–Trinajstić information content (AvgIpc) is 3.35. The second-order valence-corrected chi connectivity index (χ2v) is 9.17. The molecule has 1 fully saturated rings. The summed E-state index contributed by atoms with van der Waals surface area (Å²) < 4.78 is 5.97. The molecule has 3 aromatic rings. The molecule has 1 saturated heterocycles. The Hall–Kier alpha value is -2.63. The molecule has 1 atom stereocenters. The van der Waals surface area contributed by atoms with E-state index in [-0.39, 0.29) is 12.0 Å². The lowest BCUT2D eigenvalue weighted by Gasteiger charge is -2.32. The topological polar surface area (TPSA) is 41.6 Å². The van der Waals surface area contributed by atoms with Crippen molar-refractivity contribution in [2.75, 3.05) is 19.6 Å². The molecule has 2 heterocycles. The Kier molecular flexibility index (Phi) is 7.39. The van der Waals surface area contributed by atoms with Gasteiger partial charge in [-0.1, -0.05) is 48.5 Å². The largest absolute Gasteiger partial charge is 0.489 e. The Morgan fingerprint density at radius 2 is 1.81 bits per heavy atom. The third-order valence-corrected chi connectivity index (χ3v) is 6.69. The van der Waals surface area contributed by atoms with Crippen LogP contribution in [0, 0.1) is 0 Å². The Labute approximate surface area is 188 Å². The highest BCUT2D eigenvalue weighted by Gasteiger charge is 2.20. The van der Waals surface area contributed by atoms with Crippen LogP contribution in [0.15, 0.2) is 72.1 Å². The van der Waals surface area contributed by atoms with E-state index in [1.165, 1.54) is 35.3 Å². The Morgan fingerprint density at radius 3 is 2.48 bits per heavy atom. The summed E-state index contributed by atoms with van der Waals surface area (Å²) in [7, 11) is 0. The molecular weight excluding hydrogens is 404 g/mol. The minimum Gasteiger partial charge on any atom is -0.489 e. The van der Waals surface area contributed by atoms with E-state index in [0.717, 1.165) is 30.3 Å². The van der Waals surface area contributed by atoms with Crippen molar-refractivity contribution >= 4 is 17.2 Å². The van der Waals surface area contributed by atoms with Crippen LogP contribution in [0.2, 0.25) is 0 Å². The molecule has 0 aliphatic carbocycles. The van der Waals surface area contributed by atoms with Crippen molar-refractivity contribution in [3.05, 3.63) is 88.1 Å². The van der Waals surface area contributed by atoms with Gasteiger partial charge in [-0.2, -0.15) is 0 Å². The number of likely N-dealkylation sites (tertiary alicyclic amines) is 1. The summed E-state index contributed by atoms with van der Waals surface area (Å²) in [4.78, 5) is 15.3. The number of rotatable bonds is 8. The number of carbonyl (C=O) groups excluding carboxylic acids is 1. The van der Waals surface area contributed by atoms with Crippen LogP contribution >= 0.6 is 11.3 Å². The first-order valence-corrected chi connectivity index (χ1v) is 11.9. The number of benzene rings is 2. The normalized spacial score (nSPS) is 16.0. The van der Waals surface area contributed by atoms with E-state index in [4.69, 9.17) is 4.74 Å². The molecule has 31 heavy (non-hydrogen) atoms. The van der Waals surface area contributed by atoms with Crippen LogP contribution in [0.3, 0.4) is 0 Å². The number of carbonyl (C=O) groups is 1. The molecule has 0 unspecified atom stereocenters. The highest BCUT2D eigenvalue weighted by Crippen LogP contribution is 2.28. The van der Waals surface area contributed by atoms with Crippen molar-refractivity contribution in [2.45, 2.75) is 38.3 Å². The van der Waals surface area contributed by atoms with Gasteiger partial charge in [0, 0.05) is 6.54 Å². The van der Waals surface area contributed by atoms with E-state index >= 15 is 0 Å². The highest BCUT2D eigenvalue weighted by atomic mass is 32.1. The number of thiophene rings is 1. The summed E-state index contributed by atoms with van der Waals surface area (Å²) in [6.45, 7) is 5.71. The lowest BCUT2D eigenvalue weighted by molar-refractivity contribution is 0.0936. The molecule has 1 N–H and O–H groups in total. The predicted molar refractivity (Wildman–Crippen MR) is 127 cm³/mol. The molecule has 4 nitrogen and oxygen atoms in total. The molecule has 0 bridgehead atoms. The summed E-state index contributed by atoms with van der Waals surface area (Å²) in [5.74, 6) is 1.48. The van der Waals surface area contributed by atoms with Crippen LogP contribution in [-0.2, 0) is 6.54 Å². The van der Waals surface area contributed by atoms with Crippen molar-refractivity contribution in [3.8, 4) is 5.75 Å². The maximum Gasteiger partial charge on any atom is 0.261 e. The molecule has 0 spiro atoms. The van der Waals surface area contributed by atoms with Crippen LogP contribution in [-0.4, -0.2) is 36.5 Å². The number of hydrogen-bond acceptors (Lipinski definition) is 4. The SMILES string of the molecule is C[C@@H](CNC(=O)c1cccs1)Oc1ccc(CN2CCC(c3ccccc3)CC2)cc1. The summed E-state index contributed by atoms with van der Waals surface area (Å²) >= 11 is 1.44. The second-order valence-electron chi connectivity index (χ2n) is 8.22. The number of nitrogens with zero attached hydrogens (tertiary/aromatic N) is 1. The van der Waals surface area contributed by atoms with E-state index in [1.807, 2.05) is 36.6 Å². The van der Waals surface area contributed by atoms with Gasteiger partial charge in [0.15, 0.2) is 0 Å². The van der Waals surface area contributed by atoms with Gasteiger partial charge in [-0.3, -0.25) is 9.69 Å². The number of hydrogen-bond donors (Lipinski definition) is 1. The van der Waals surface area contributed by atoms with E-state index in [9.17, 15) is 4.79 Å². The fraction of sp³-hybridized carbons (Fsp3) is 0.346. The van der Waals surface area contributed by atoms with Crippen LogP contribution in [0.1, 0.15) is 46.5 Å². The molecule has 0 radical (unpaired) electrons. The fourth-order valence-electron chi connectivity index (χ4n) is 4.09. The van der Waals surface area contributed by atoms with Gasteiger partial charge < -0.3 is 10.1 Å². The highest BCUT2D eigenvalue weighted by molar-refractivity contribution is 7.12. The van der Waals surface area contributed by atoms with Crippen LogP contribution in [0.4, 0.5) is 0 Å². The van der Waals surface area contributed by atoms with E-state index in [2.05, 4.69) is 52.7 Å². The van der Waals surface area contributed by atoms with E-state index < -0.39 is 0 Å². The van der Waals surface area contributed by atoms with Gasteiger partial charge in [-0.15, -0.1) is 11.3 Å². The fourth-order valence-corrected chi connectivity index (χ4v) is 4.73. The zero-order chi connectivity index (χ0) is 21.5. The van der Waals surface area contributed by atoms with Crippen molar-refractivity contribution in [2.24, 2.45) is 0 Å². The van der Waals surface area contributed by atoms with Crippen molar-refractivity contribution in [3.63, 3.8) is 0 Å². The van der Waals surface area contributed by atoms with Gasteiger partial charge in [0.05, 0.1) is 11.4 Å². The van der Waals surface area contributed by atoms with E-state index in [1.54, 1.807) is 0 Å². The first-order chi connectivity index (χ1) is 15.2. The Bertz CT molecular complexity index is 933. The van der Waals surface area contributed by atoms with Gasteiger partial charge in [-0.25, -0.2) is 0 Å². The molecule has 1 aliphatic rings. The minimum absolute atomic E-state index is 0.0446. The van der Waals surface area contributed by atoms with Gasteiger partial charge in [0.2, 0.25) is 0 Å². The van der Waals surface area contributed by atoms with Crippen molar-refractivity contribution < 1.29 is 9.53 Å². The van der Waals surface area contributed by atoms with Crippen LogP contribution in [0.5, 0.6) is 5.75 Å². The quantitative estimate of drug-likeness (QED) is 0.521. The summed E-state index contributed by atoms with van der Waals surface area (Å²) in [5, 5.41) is 4.83. The number of piperidine rings is 1. The summed E-state index contributed by atoms with van der Waals surface area (Å²) in [6, 6.07) is 23.0. The van der Waals surface area contributed by atoms with Gasteiger partial charge in [-0.05, 0) is 73.5 Å². The minimum atomic E-state index is -0.0909. The molecule has 162 valence electrons. The van der Waals surface area contributed by atoms with Crippen LogP contribution < -0.4 is 10.1 Å². The van der Waals surface area contributed by atoms with Gasteiger partial charge >= 0.3 is 0 Å². The Morgan fingerprint density at radius 1 is 1.06 bits per heavy atom. The lowest BCUT2D eigenvalue weighted by atomic mass is 9.89. The molecule has 1 aromatic heterocycles. The molecule has 0 saturated carbocycles. The smallest absolute Gasteiger partial charge is 0.261 e. The van der Waals surface area contributed by atoms with Crippen molar-refractivity contribution in [1.82, 2.24) is 10.2 Å². The zero-order valence-electron chi connectivity index (χ0n) is 18.0. The summed E-state index contributed by atoms with van der Waals surface area (Å²) in [6.07, 6.45) is 2.35. The van der Waals surface area contributed by atoms with Crippen LogP contribution in [0.25, 0.3) is 0 Å². The summed E-state index contributed by atoms with van der Waals surface area (Å²) in [5.41, 5.74) is 2.79. The van der Waals surface area contributed by atoms with Crippen molar-refractivity contribution in [1.29, 1.82) is 0 Å². The second kappa shape index (κ2) is 10.6. The van der Waals surface area contributed by atoms with Gasteiger partial charge in [0.1, 0.15) is 11.9 Å². The molecular formula is C26H30N2O2S. The third kappa shape index (κ3) is 6.18.